The van der Waals surface area contributed by atoms with Crippen molar-refractivity contribution in [1.29, 1.82) is 0 Å². The van der Waals surface area contributed by atoms with E-state index in [1.54, 1.807) is 14.2 Å². The van der Waals surface area contributed by atoms with E-state index in [2.05, 4.69) is 39.0 Å². The fourth-order valence-electron chi connectivity index (χ4n) is 2.43. The van der Waals surface area contributed by atoms with Crippen molar-refractivity contribution in [2.75, 3.05) is 14.2 Å². The number of hydrogen-bond donors (Lipinski definition) is 0. The molecule has 0 aromatic heterocycles. The van der Waals surface area contributed by atoms with Gasteiger partial charge in [0.2, 0.25) is 0 Å². The predicted molar refractivity (Wildman–Crippen MR) is 75.9 cm³/mol. The van der Waals surface area contributed by atoms with E-state index in [1.807, 2.05) is 6.07 Å². The number of methoxy groups -OCH3 is 2. The first-order chi connectivity index (χ1) is 8.58. The smallest absolute Gasteiger partial charge is 0.164 e. The van der Waals surface area contributed by atoms with Crippen molar-refractivity contribution in [1.82, 2.24) is 0 Å². The molecule has 0 heterocycles. The second kappa shape index (κ2) is 4.89. The molecule has 0 aliphatic heterocycles. The Morgan fingerprint density at radius 1 is 1.00 bits per heavy atom. The van der Waals surface area contributed by atoms with Gasteiger partial charge in [-0.1, -0.05) is 37.6 Å². The molecule has 2 heteroatoms. The molecule has 0 amide bonds. The number of aryl methyl sites for hydroxylation is 1. The standard InChI is InChI=1S/C16H20O2/c1-10(2)15-13-8-11(3)6-7-12(13)9-14(17-4)16(15)18-5/h6-10H,1-5H3. The molecule has 18 heavy (non-hydrogen) atoms. The normalized spacial score (nSPS) is 11.0. The van der Waals surface area contributed by atoms with Crippen LogP contribution in [0.2, 0.25) is 0 Å². The van der Waals surface area contributed by atoms with Gasteiger partial charge >= 0.3 is 0 Å². The van der Waals surface area contributed by atoms with Gasteiger partial charge in [-0.05, 0) is 29.7 Å². The molecule has 0 fully saturated rings. The molecule has 0 saturated carbocycles. The van der Waals surface area contributed by atoms with Crippen LogP contribution in [0, 0.1) is 6.92 Å². The van der Waals surface area contributed by atoms with E-state index in [0.717, 1.165) is 11.5 Å². The van der Waals surface area contributed by atoms with Gasteiger partial charge in [-0.15, -0.1) is 0 Å². The molecule has 0 bridgehead atoms. The Balaban J connectivity index is 2.88. The number of hydrogen-bond acceptors (Lipinski definition) is 2. The van der Waals surface area contributed by atoms with Gasteiger partial charge in [0.15, 0.2) is 11.5 Å². The fourth-order valence-corrected chi connectivity index (χ4v) is 2.43. The molecule has 0 aliphatic carbocycles. The van der Waals surface area contributed by atoms with E-state index in [9.17, 15) is 0 Å². The summed E-state index contributed by atoms with van der Waals surface area (Å²) in [5.74, 6) is 2.04. The van der Waals surface area contributed by atoms with Crippen molar-refractivity contribution >= 4 is 10.8 Å². The molecule has 0 saturated heterocycles. The zero-order valence-corrected chi connectivity index (χ0v) is 11.7. The monoisotopic (exact) mass is 244 g/mol. The van der Waals surface area contributed by atoms with Crippen LogP contribution in [0.1, 0.15) is 30.9 Å². The zero-order chi connectivity index (χ0) is 13.3. The minimum atomic E-state index is 0.388. The average molecular weight is 244 g/mol. The first-order valence-corrected chi connectivity index (χ1v) is 6.23. The lowest BCUT2D eigenvalue weighted by atomic mass is 9.93. The summed E-state index contributed by atoms with van der Waals surface area (Å²) in [6.07, 6.45) is 0. The number of rotatable bonds is 3. The summed E-state index contributed by atoms with van der Waals surface area (Å²) in [5.41, 5.74) is 2.48. The van der Waals surface area contributed by atoms with Crippen LogP contribution < -0.4 is 9.47 Å². The Hall–Kier alpha value is -1.70. The largest absolute Gasteiger partial charge is 0.493 e. The summed E-state index contributed by atoms with van der Waals surface area (Å²) in [7, 11) is 3.38. The minimum Gasteiger partial charge on any atom is -0.493 e. The van der Waals surface area contributed by atoms with Crippen LogP contribution in [0.5, 0.6) is 11.5 Å². The van der Waals surface area contributed by atoms with Crippen molar-refractivity contribution in [3.63, 3.8) is 0 Å². The van der Waals surface area contributed by atoms with Crippen molar-refractivity contribution in [3.8, 4) is 11.5 Å². The Labute approximate surface area is 109 Å². The molecule has 0 N–H and O–H groups in total. The fraction of sp³-hybridized carbons (Fsp3) is 0.375. The summed E-state index contributed by atoms with van der Waals surface area (Å²) in [6, 6.07) is 8.52. The maximum absolute atomic E-state index is 5.55. The highest BCUT2D eigenvalue weighted by atomic mass is 16.5. The van der Waals surface area contributed by atoms with E-state index in [4.69, 9.17) is 9.47 Å². The summed E-state index contributed by atoms with van der Waals surface area (Å²) >= 11 is 0. The molecular weight excluding hydrogens is 224 g/mol. The maximum atomic E-state index is 5.55. The Morgan fingerprint density at radius 3 is 2.28 bits per heavy atom. The molecular formula is C16H20O2. The van der Waals surface area contributed by atoms with Gasteiger partial charge < -0.3 is 9.47 Å². The molecule has 0 aliphatic rings. The van der Waals surface area contributed by atoms with Gasteiger partial charge in [0.1, 0.15) is 0 Å². The third-order valence-corrected chi connectivity index (χ3v) is 3.26. The van der Waals surface area contributed by atoms with E-state index < -0.39 is 0 Å². The molecule has 96 valence electrons. The second-order valence-corrected chi connectivity index (χ2v) is 4.91. The zero-order valence-electron chi connectivity index (χ0n) is 11.7. The molecule has 2 rings (SSSR count). The first-order valence-electron chi connectivity index (χ1n) is 6.23. The number of fused-ring (bicyclic) bond motifs is 1. The minimum absolute atomic E-state index is 0.388. The Kier molecular flexibility index (Phi) is 3.46. The highest BCUT2D eigenvalue weighted by Gasteiger charge is 2.17. The molecule has 0 radical (unpaired) electrons. The highest BCUT2D eigenvalue weighted by molar-refractivity contribution is 5.91. The van der Waals surface area contributed by atoms with Crippen LogP contribution in [0.3, 0.4) is 0 Å². The van der Waals surface area contributed by atoms with Crippen LogP contribution in [-0.4, -0.2) is 14.2 Å². The van der Waals surface area contributed by atoms with Crippen LogP contribution >= 0.6 is 0 Å². The van der Waals surface area contributed by atoms with Crippen molar-refractivity contribution in [3.05, 3.63) is 35.4 Å². The van der Waals surface area contributed by atoms with Gasteiger partial charge in [-0.3, -0.25) is 0 Å². The van der Waals surface area contributed by atoms with Gasteiger partial charge in [0, 0.05) is 5.56 Å². The molecule has 2 aromatic rings. The van der Waals surface area contributed by atoms with E-state index in [-0.39, 0.29) is 0 Å². The molecule has 2 aromatic carbocycles. The molecule has 0 spiro atoms. The third-order valence-electron chi connectivity index (χ3n) is 3.26. The summed E-state index contributed by atoms with van der Waals surface area (Å²) in [6.45, 7) is 6.47. The second-order valence-electron chi connectivity index (χ2n) is 4.91. The highest BCUT2D eigenvalue weighted by Crippen LogP contribution is 2.41. The molecule has 2 nitrogen and oxygen atoms in total. The summed E-state index contributed by atoms with van der Waals surface area (Å²) in [4.78, 5) is 0. The van der Waals surface area contributed by atoms with E-state index >= 15 is 0 Å². The van der Waals surface area contributed by atoms with Crippen molar-refractivity contribution < 1.29 is 9.47 Å². The van der Waals surface area contributed by atoms with Gasteiger partial charge in [0.25, 0.3) is 0 Å². The van der Waals surface area contributed by atoms with Crippen molar-refractivity contribution in [2.24, 2.45) is 0 Å². The summed E-state index contributed by atoms with van der Waals surface area (Å²) in [5, 5.41) is 2.45. The summed E-state index contributed by atoms with van der Waals surface area (Å²) < 4.78 is 11.0. The first kappa shape index (κ1) is 12.7. The Morgan fingerprint density at radius 2 is 1.72 bits per heavy atom. The van der Waals surface area contributed by atoms with Crippen molar-refractivity contribution in [2.45, 2.75) is 26.7 Å². The lowest BCUT2D eigenvalue weighted by Crippen LogP contribution is -1.99. The number of ether oxygens (including phenoxy) is 2. The quantitative estimate of drug-likeness (QED) is 0.802. The SMILES string of the molecule is COc1cc2ccc(C)cc2c(C(C)C)c1OC. The maximum Gasteiger partial charge on any atom is 0.164 e. The van der Waals surface area contributed by atoms with Crippen LogP contribution in [0.15, 0.2) is 24.3 Å². The number of benzene rings is 2. The van der Waals surface area contributed by atoms with E-state index in [1.165, 1.54) is 21.9 Å². The molecule has 0 unspecified atom stereocenters. The van der Waals surface area contributed by atoms with Gasteiger partial charge in [-0.25, -0.2) is 0 Å². The topological polar surface area (TPSA) is 18.5 Å². The van der Waals surface area contributed by atoms with Gasteiger partial charge in [-0.2, -0.15) is 0 Å². The lowest BCUT2D eigenvalue weighted by molar-refractivity contribution is 0.351. The van der Waals surface area contributed by atoms with Crippen LogP contribution in [0.4, 0.5) is 0 Å². The van der Waals surface area contributed by atoms with Gasteiger partial charge in [0.05, 0.1) is 14.2 Å². The van der Waals surface area contributed by atoms with Crippen LogP contribution in [-0.2, 0) is 0 Å². The van der Waals surface area contributed by atoms with Crippen LogP contribution in [0.25, 0.3) is 10.8 Å². The van der Waals surface area contributed by atoms with E-state index in [0.29, 0.717) is 5.92 Å². The lowest BCUT2D eigenvalue weighted by Gasteiger charge is -2.18. The predicted octanol–water partition coefficient (Wildman–Crippen LogP) is 4.29. The third kappa shape index (κ3) is 2.03. The Bertz CT molecular complexity index is 571. The molecule has 0 atom stereocenters. The average Bonchev–Trinajstić information content (AvgIpc) is 2.35.